The molecular formula is C19H20N2O4. The monoisotopic (exact) mass is 340 g/mol. The highest BCUT2D eigenvalue weighted by atomic mass is 16.6. The average molecular weight is 340 g/mol. The third-order valence-electron chi connectivity index (χ3n) is 4.57. The number of phenols is 1. The van der Waals surface area contributed by atoms with Gasteiger partial charge in [0, 0.05) is 43.5 Å². The summed E-state index contributed by atoms with van der Waals surface area (Å²) in [6, 6.07) is 12.4. The summed E-state index contributed by atoms with van der Waals surface area (Å²) in [5, 5.41) is 9.34. The maximum Gasteiger partial charge on any atom is 0.253 e. The van der Waals surface area contributed by atoms with Gasteiger partial charge in [0.05, 0.1) is 0 Å². The minimum absolute atomic E-state index is 0.00169. The van der Waals surface area contributed by atoms with Gasteiger partial charge in [-0.2, -0.15) is 0 Å². The molecule has 0 radical (unpaired) electrons. The minimum atomic E-state index is 0.00169. The maximum atomic E-state index is 12.5. The summed E-state index contributed by atoms with van der Waals surface area (Å²) in [6.45, 7) is 4.02. The van der Waals surface area contributed by atoms with Gasteiger partial charge in [-0.25, -0.2) is 0 Å². The molecule has 0 atom stereocenters. The van der Waals surface area contributed by atoms with E-state index in [1.807, 2.05) is 23.1 Å². The first-order valence-electron chi connectivity index (χ1n) is 8.43. The normalized spacial score (nSPS) is 16.6. The Kier molecular flexibility index (Phi) is 4.09. The predicted molar refractivity (Wildman–Crippen MR) is 93.7 cm³/mol. The topological polar surface area (TPSA) is 62.2 Å². The second kappa shape index (κ2) is 6.55. The van der Waals surface area contributed by atoms with Crippen molar-refractivity contribution >= 4 is 11.6 Å². The summed E-state index contributed by atoms with van der Waals surface area (Å²) < 4.78 is 11.2. The molecule has 0 aromatic heterocycles. The number of amides is 1. The van der Waals surface area contributed by atoms with Crippen molar-refractivity contribution in [2.45, 2.75) is 0 Å². The van der Waals surface area contributed by atoms with E-state index in [2.05, 4.69) is 4.90 Å². The second-order valence-corrected chi connectivity index (χ2v) is 6.15. The highest BCUT2D eigenvalue weighted by Crippen LogP contribution is 2.34. The first-order chi connectivity index (χ1) is 12.2. The molecule has 1 saturated heterocycles. The number of nitrogens with zero attached hydrogens (tertiary/aromatic N) is 2. The van der Waals surface area contributed by atoms with Crippen LogP contribution in [0.4, 0.5) is 5.69 Å². The number of carbonyl (C=O) groups excluding carboxylic acids is 1. The van der Waals surface area contributed by atoms with Crippen LogP contribution >= 0.6 is 0 Å². The molecule has 1 N–H and O–H groups in total. The van der Waals surface area contributed by atoms with Crippen molar-refractivity contribution in [3.63, 3.8) is 0 Å². The number of anilines is 1. The lowest BCUT2D eigenvalue weighted by Crippen LogP contribution is -2.48. The number of hydrogen-bond donors (Lipinski definition) is 1. The molecule has 0 spiro atoms. The van der Waals surface area contributed by atoms with Gasteiger partial charge in [-0.3, -0.25) is 4.79 Å². The van der Waals surface area contributed by atoms with Gasteiger partial charge in [0.25, 0.3) is 5.91 Å². The third-order valence-corrected chi connectivity index (χ3v) is 4.57. The fourth-order valence-electron chi connectivity index (χ4n) is 3.18. The van der Waals surface area contributed by atoms with Gasteiger partial charge >= 0.3 is 0 Å². The minimum Gasteiger partial charge on any atom is -0.508 e. The van der Waals surface area contributed by atoms with Gasteiger partial charge in [0.1, 0.15) is 19.0 Å². The van der Waals surface area contributed by atoms with Crippen molar-refractivity contribution in [1.82, 2.24) is 4.90 Å². The zero-order valence-corrected chi connectivity index (χ0v) is 13.9. The number of benzene rings is 2. The van der Waals surface area contributed by atoms with Crippen molar-refractivity contribution in [1.29, 1.82) is 0 Å². The molecular weight excluding hydrogens is 320 g/mol. The molecule has 2 aliphatic heterocycles. The van der Waals surface area contributed by atoms with E-state index in [0.717, 1.165) is 30.3 Å². The predicted octanol–water partition coefficient (Wildman–Crippen LogP) is 2.13. The van der Waals surface area contributed by atoms with Crippen LogP contribution in [0.25, 0.3) is 0 Å². The van der Waals surface area contributed by atoms with E-state index >= 15 is 0 Å². The lowest BCUT2D eigenvalue weighted by Gasteiger charge is -2.36. The Labute approximate surface area is 146 Å². The molecule has 0 saturated carbocycles. The number of fused-ring (bicyclic) bond motifs is 1. The van der Waals surface area contributed by atoms with Crippen LogP contribution in [0.5, 0.6) is 17.2 Å². The Balaban J connectivity index is 1.41. The van der Waals surface area contributed by atoms with Crippen LogP contribution in [0.2, 0.25) is 0 Å². The molecule has 2 aromatic rings. The Morgan fingerprint density at radius 2 is 1.56 bits per heavy atom. The molecule has 0 bridgehead atoms. The maximum absolute atomic E-state index is 12.5. The molecule has 6 heteroatoms. The number of ether oxygens (including phenoxy) is 2. The van der Waals surface area contributed by atoms with Gasteiger partial charge in [-0.1, -0.05) is 0 Å². The Morgan fingerprint density at radius 3 is 2.28 bits per heavy atom. The Morgan fingerprint density at radius 1 is 0.880 bits per heavy atom. The van der Waals surface area contributed by atoms with Gasteiger partial charge in [-0.05, 0) is 36.4 Å². The van der Waals surface area contributed by atoms with Crippen molar-refractivity contribution in [3.8, 4) is 17.2 Å². The number of carbonyl (C=O) groups is 1. The Hall–Kier alpha value is -2.89. The summed E-state index contributed by atoms with van der Waals surface area (Å²) >= 11 is 0. The smallest absolute Gasteiger partial charge is 0.253 e. The van der Waals surface area contributed by atoms with Crippen LogP contribution in [0.15, 0.2) is 42.5 Å². The zero-order valence-electron chi connectivity index (χ0n) is 13.9. The van der Waals surface area contributed by atoms with Crippen molar-refractivity contribution in [2.24, 2.45) is 0 Å². The molecule has 1 fully saturated rings. The summed E-state index contributed by atoms with van der Waals surface area (Å²) in [7, 11) is 0. The molecule has 2 aromatic carbocycles. The fraction of sp³-hybridized carbons (Fsp3) is 0.316. The molecule has 4 rings (SSSR count). The van der Waals surface area contributed by atoms with Crippen molar-refractivity contribution < 1.29 is 19.4 Å². The number of hydrogen-bond acceptors (Lipinski definition) is 5. The first kappa shape index (κ1) is 15.6. The van der Waals surface area contributed by atoms with E-state index in [1.165, 1.54) is 0 Å². The quantitative estimate of drug-likeness (QED) is 0.907. The molecule has 6 nitrogen and oxygen atoms in total. The standard InChI is InChI=1S/C19H20N2O4/c22-16-4-1-14(2-5-16)19(23)21-9-7-20(8-10-21)15-3-6-17-18(13-15)25-12-11-24-17/h1-6,13,22H,7-12H2. The van der Waals surface area contributed by atoms with E-state index in [1.54, 1.807) is 24.3 Å². The largest absolute Gasteiger partial charge is 0.508 e. The van der Waals surface area contributed by atoms with Gasteiger partial charge in [-0.15, -0.1) is 0 Å². The number of rotatable bonds is 2. The SMILES string of the molecule is O=C(c1ccc(O)cc1)N1CCN(c2ccc3c(c2)OCCO3)CC1. The Bertz CT molecular complexity index is 767. The highest BCUT2D eigenvalue weighted by molar-refractivity contribution is 5.94. The summed E-state index contributed by atoms with van der Waals surface area (Å²) in [5.74, 6) is 1.74. The highest BCUT2D eigenvalue weighted by Gasteiger charge is 2.23. The van der Waals surface area contributed by atoms with Crippen LogP contribution < -0.4 is 14.4 Å². The lowest BCUT2D eigenvalue weighted by molar-refractivity contribution is 0.0746. The van der Waals surface area contributed by atoms with E-state index < -0.39 is 0 Å². The first-order valence-corrected chi connectivity index (χ1v) is 8.43. The summed E-state index contributed by atoms with van der Waals surface area (Å²) in [4.78, 5) is 16.6. The second-order valence-electron chi connectivity index (χ2n) is 6.15. The molecule has 0 unspecified atom stereocenters. The molecule has 130 valence electrons. The van der Waals surface area contributed by atoms with Crippen LogP contribution in [-0.2, 0) is 0 Å². The zero-order chi connectivity index (χ0) is 17.2. The molecule has 1 amide bonds. The van der Waals surface area contributed by atoms with Crippen molar-refractivity contribution in [3.05, 3.63) is 48.0 Å². The number of phenolic OH excluding ortho intramolecular Hbond substituents is 1. The van der Waals surface area contributed by atoms with E-state index in [9.17, 15) is 9.90 Å². The van der Waals surface area contributed by atoms with Gasteiger partial charge < -0.3 is 24.4 Å². The summed E-state index contributed by atoms with van der Waals surface area (Å²) in [5.41, 5.74) is 1.69. The lowest BCUT2D eigenvalue weighted by atomic mass is 10.1. The molecule has 2 heterocycles. The molecule has 2 aliphatic rings. The van der Waals surface area contributed by atoms with Crippen LogP contribution in [-0.4, -0.2) is 55.3 Å². The van der Waals surface area contributed by atoms with Crippen LogP contribution in [0, 0.1) is 0 Å². The molecule has 25 heavy (non-hydrogen) atoms. The number of aromatic hydroxyl groups is 1. The van der Waals surface area contributed by atoms with E-state index in [0.29, 0.717) is 31.9 Å². The fourth-order valence-corrected chi connectivity index (χ4v) is 3.18. The number of piperazine rings is 1. The van der Waals surface area contributed by atoms with E-state index in [-0.39, 0.29) is 11.7 Å². The van der Waals surface area contributed by atoms with Gasteiger partial charge in [0.2, 0.25) is 0 Å². The van der Waals surface area contributed by atoms with Crippen LogP contribution in [0.1, 0.15) is 10.4 Å². The van der Waals surface area contributed by atoms with Crippen molar-refractivity contribution in [2.75, 3.05) is 44.3 Å². The summed E-state index contributed by atoms with van der Waals surface area (Å²) in [6.07, 6.45) is 0. The third kappa shape index (κ3) is 3.20. The van der Waals surface area contributed by atoms with E-state index in [4.69, 9.17) is 9.47 Å². The molecule has 0 aliphatic carbocycles. The van der Waals surface area contributed by atoms with Crippen LogP contribution in [0.3, 0.4) is 0 Å². The van der Waals surface area contributed by atoms with Gasteiger partial charge in [0.15, 0.2) is 11.5 Å². The average Bonchev–Trinajstić information content (AvgIpc) is 2.68.